The summed E-state index contributed by atoms with van der Waals surface area (Å²) in [5.41, 5.74) is 0.332. The number of hydrogen-bond donors (Lipinski definition) is 2. The van der Waals surface area contributed by atoms with Gasteiger partial charge in [-0.1, -0.05) is 11.6 Å². The molecule has 5 rings (SSSR count). The van der Waals surface area contributed by atoms with Gasteiger partial charge in [-0.05, 0) is 86.7 Å². The van der Waals surface area contributed by atoms with Crippen LogP contribution in [-0.2, 0) is 4.79 Å². The summed E-state index contributed by atoms with van der Waals surface area (Å²) in [6.45, 7) is 0. The molecule has 2 N–H and O–H groups in total. The highest BCUT2D eigenvalue weighted by Gasteiger charge is 2.54. The van der Waals surface area contributed by atoms with E-state index in [4.69, 9.17) is 23.8 Å². The molecule has 1 amide bonds. The molecular formula is C18H20ClFN2OS. The molecule has 24 heavy (non-hydrogen) atoms. The molecule has 4 fully saturated rings. The molecule has 0 radical (unpaired) electrons. The highest BCUT2D eigenvalue weighted by atomic mass is 35.5. The highest BCUT2D eigenvalue weighted by Crippen LogP contribution is 2.60. The second kappa shape index (κ2) is 5.95. The van der Waals surface area contributed by atoms with Gasteiger partial charge in [0.15, 0.2) is 5.11 Å². The van der Waals surface area contributed by atoms with E-state index in [1.165, 1.54) is 31.4 Å². The molecule has 3 nitrogen and oxygen atoms in total. The van der Waals surface area contributed by atoms with Gasteiger partial charge in [-0.2, -0.15) is 0 Å². The fourth-order valence-electron chi connectivity index (χ4n) is 5.36. The van der Waals surface area contributed by atoms with E-state index in [2.05, 4.69) is 10.6 Å². The fraction of sp³-hybridized carbons (Fsp3) is 0.556. The molecule has 0 spiro atoms. The van der Waals surface area contributed by atoms with Crippen molar-refractivity contribution < 1.29 is 9.18 Å². The third-order valence-electron chi connectivity index (χ3n) is 5.92. The second-order valence-electron chi connectivity index (χ2n) is 7.74. The van der Waals surface area contributed by atoms with E-state index in [0.29, 0.717) is 23.4 Å². The third-order valence-corrected chi connectivity index (χ3v) is 6.42. The van der Waals surface area contributed by atoms with Gasteiger partial charge in [0.05, 0.1) is 10.4 Å². The van der Waals surface area contributed by atoms with Gasteiger partial charge in [0.25, 0.3) is 0 Å². The number of nitrogens with one attached hydrogen (secondary N) is 2. The van der Waals surface area contributed by atoms with Crippen LogP contribution in [0.1, 0.15) is 38.5 Å². The second-order valence-corrected chi connectivity index (χ2v) is 8.55. The summed E-state index contributed by atoms with van der Waals surface area (Å²) in [6.07, 6.45) is 6.87. The van der Waals surface area contributed by atoms with E-state index in [0.717, 1.165) is 19.3 Å². The third kappa shape index (κ3) is 2.93. The lowest BCUT2D eigenvalue weighted by Gasteiger charge is -2.55. The molecule has 128 valence electrons. The van der Waals surface area contributed by atoms with Crippen LogP contribution in [0, 0.1) is 29.0 Å². The predicted octanol–water partition coefficient (Wildman–Crippen LogP) is 4.51. The van der Waals surface area contributed by atoms with Crippen molar-refractivity contribution in [3.05, 3.63) is 29.0 Å². The minimum Gasteiger partial charge on any atom is -0.332 e. The average Bonchev–Trinajstić information content (AvgIpc) is 2.49. The zero-order valence-corrected chi connectivity index (χ0v) is 14.9. The number of carbonyl (C=O) groups is 1. The summed E-state index contributed by atoms with van der Waals surface area (Å²) >= 11 is 11.0. The van der Waals surface area contributed by atoms with Crippen LogP contribution < -0.4 is 10.6 Å². The standard InChI is InChI=1S/C18H20ClFN2OS/c19-14-6-13(1-2-15(14)20)21-17(24)22-16(23)18-7-10-3-11(8-18)5-12(4-10)9-18/h1-2,6,10-12H,3-5,7-9H2,(H2,21,22,23,24). The fourth-order valence-corrected chi connectivity index (χ4v) is 5.75. The minimum atomic E-state index is -0.481. The van der Waals surface area contributed by atoms with E-state index >= 15 is 0 Å². The summed E-state index contributed by atoms with van der Waals surface area (Å²) in [5, 5.41) is 6.06. The molecule has 0 saturated heterocycles. The van der Waals surface area contributed by atoms with Crippen molar-refractivity contribution in [3.8, 4) is 0 Å². The molecule has 4 saturated carbocycles. The average molecular weight is 367 g/mol. The van der Waals surface area contributed by atoms with Crippen molar-refractivity contribution in [2.75, 3.05) is 5.32 Å². The van der Waals surface area contributed by atoms with Gasteiger partial charge in [0, 0.05) is 5.69 Å². The van der Waals surface area contributed by atoms with Crippen molar-refractivity contribution in [2.45, 2.75) is 38.5 Å². The molecular weight excluding hydrogens is 347 g/mol. The minimum absolute atomic E-state index is 0.0233. The lowest BCUT2D eigenvalue weighted by molar-refractivity contribution is -0.144. The van der Waals surface area contributed by atoms with Crippen molar-refractivity contribution >= 4 is 40.5 Å². The van der Waals surface area contributed by atoms with Crippen LogP contribution in [0.5, 0.6) is 0 Å². The maximum atomic E-state index is 13.2. The Kier molecular flexibility index (Phi) is 4.04. The van der Waals surface area contributed by atoms with Gasteiger partial charge in [-0.15, -0.1) is 0 Å². The van der Waals surface area contributed by atoms with Crippen LogP contribution in [-0.4, -0.2) is 11.0 Å². The van der Waals surface area contributed by atoms with Crippen molar-refractivity contribution in [2.24, 2.45) is 23.2 Å². The molecule has 4 bridgehead atoms. The number of carbonyl (C=O) groups excluding carboxylic acids is 1. The van der Waals surface area contributed by atoms with E-state index in [1.54, 1.807) is 6.07 Å². The normalized spacial score (nSPS) is 33.3. The van der Waals surface area contributed by atoms with Gasteiger partial charge in [-0.25, -0.2) is 4.39 Å². The molecule has 4 aliphatic rings. The quantitative estimate of drug-likeness (QED) is 0.757. The van der Waals surface area contributed by atoms with Crippen LogP contribution in [0.25, 0.3) is 0 Å². The Labute approximate surface area is 151 Å². The van der Waals surface area contributed by atoms with Gasteiger partial charge in [0.1, 0.15) is 5.82 Å². The molecule has 0 heterocycles. The molecule has 0 aliphatic heterocycles. The first-order valence-electron chi connectivity index (χ1n) is 8.51. The smallest absolute Gasteiger partial charge is 0.232 e. The number of thiocarbonyl (C=S) groups is 1. The maximum absolute atomic E-state index is 13.2. The molecule has 1 aromatic rings. The first-order valence-corrected chi connectivity index (χ1v) is 9.30. The Balaban J connectivity index is 1.42. The Morgan fingerprint density at radius 3 is 2.29 bits per heavy atom. The lowest BCUT2D eigenvalue weighted by atomic mass is 9.49. The first kappa shape index (κ1) is 16.3. The zero-order chi connectivity index (χ0) is 16.9. The zero-order valence-electron chi connectivity index (χ0n) is 13.3. The van der Waals surface area contributed by atoms with E-state index < -0.39 is 5.82 Å². The van der Waals surface area contributed by atoms with Gasteiger partial charge in [0.2, 0.25) is 5.91 Å². The largest absolute Gasteiger partial charge is 0.332 e. The summed E-state index contributed by atoms with van der Waals surface area (Å²) in [4.78, 5) is 12.9. The van der Waals surface area contributed by atoms with Crippen LogP contribution in [0.15, 0.2) is 18.2 Å². The van der Waals surface area contributed by atoms with Gasteiger partial charge >= 0.3 is 0 Å². The van der Waals surface area contributed by atoms with Crippen LogP contribution >= 0.6 is 23.8 Å². The summed E-state index contributed by atoms with van der Waals surface area (Å²) < 4.78 is 13.2. The number of benzene rings is 1. The molecule has 1 aromatic carbocycles. The Morgan fingerprint density at radius 1 is 1.17 bits per heavy atom. The first-order chi connectivity index (χ1) is 11.4. The van der Waals surface area contributed by atoms with Crippen LogP contribution in [0.4, 0.5) is 10.1 Å². The van der Waals surface area contributed by atoms with E-state index in [1.807, 2.05) is 0 Å². The molecule has 0 aromatic heterocycles. The van der Waals surface area contributed by atoms with E-state index in [9.17, 15) is 9.18 Å². The highest BCUT2D eigenvalue weighted by molar-refractivity contribution is 7.80. The number of halogens is 2. The molecule has 6 heteroatoms. The topological polar surface area (TPSA) is 41.1 Å². The molecule has 0 atom stereocenters. The van der Waals surface area contributed by atoms with Crippen molar-refractivity contribution in [1.29, 1.82) is 0 Å². The number of rotatable bonds is 2. The number of hydrogen-bond acceptors (Lipinski definition) is 2. The number of anilines is 1. The maximum Gasteiger partial charge on any atom is 0.232 e. The van der Waals surface area contributed by atoms with E-state index in [-0.39, 0.29) is 21.5 Å². The lowest BCUT2D eigenvalue weighted by Crippen LogP contribution is -2.55. The van der Waals surface area contributed by atoms with Crippen molar-refractivity contribution in [1.82, 2.24) is 5.32 Å². The summed E-state index contributed by atoms with van der Waals surface area (Å²) in [7, 11) is 0. The predicted molar refractivity (Wildman–Crippen MR) is 96.4 cm³/mol. The summed E-state index contributed by atoms with van der Waals surface area (Å²) in [6, 6.07) is 4.28. The monoisotopic (exact) mass is 366 g/mol. The Hall–Kier alpha value is -1.20. The summed E-state index contributed by atoms with van der Waals surface area (Å²) in [5.74, 6) is 1.69. The SMILES string of the molecule is O=C(NC(=S)Nc1ccc(F)c(Cl)c1)C12CC3CC(CC(C3)C1)C2. The molecule has 0 unspecified atom stereocenters. The molecule has 4 aliphatic carbocycles. The number of amides is 1. The Morgan fingerprint density at radius 2 is 1.75 bits per heavy atom. The van der Waals surface area contributed by atoms with Gasteiger partial charge < -0.3 is 10.6 Å². The van der Waals surface area contributed by atoms with Crippen molar-refractivity contribution in [3.63, 3.8) is 0 Å². The van der Waals surface area contributed by atoms with Crippen LogP contribution in [0.2, 0.25) is 5.02 Å². The Bertz CT molecular complexity index is 673. The van der Waals surface area contributed by atoms with Crippen LogP contribution in [0.3, 0.4) is 0 Å². The van der Waals surface area contributed by atoms with Gasteiger partial charge in [-0.3, -0.25) is 4.79 Å².